The van der Waals surface area contributed by atoms with E-state index in [4.69, 9.17) is 0 Å². The topological polar surface area (TPSA) is 29.9 Å². The maximum absolute atomic E-state index is 4.34. The number of nitrogens with one attached hydrogen (secondary N) is 1. The summed E-state index contributed by atoms with van der Waals surface area (Å²) in [5.41, 5.74) is 0. The fourth-order valence-corrected chi connectivity index (χ4v) is 1.63. The molecule has 0 spiro atoms. The van der Waals surface area contributed by atoms with Crippen LogP contribution in [0.15, 0.2) is 12.4 Å². The highest BCUT2D eigenvalue weighted by atomic mass is 15.2. The largest absolute Gasteiger partial charge is 0.356 e. The second kappa shape index (κ2) is 5.79. The molecule has 0 bridgehead atoms. The molecule has 1 heterocycles. The van der Waals surface area contributed by atoms with E-state index in [2.05, 4.69) is 48.8 Å². The molecule has 0 aliphatic rings. The van der Waals surface area contributed by atoms with E-state index in [-0.39, 0.29) is 0 Å². The molecule has 3 heteroatoms. The van der Waals surface area contributed by atoms with Gasteiger partial charge in [-0.3, -0.25) is 0 Å². The van der Waals surface area contributed by atoms with E-state index < -0.39 is 0 Å². The van der Waals surface area contributed by atoms with Crippen LogP contribution in [0.5, 0.6) is 0 Å². The van der Waals surface area contributed by atoms with Crippen LogP contribution in [0, 0.1) is 5.92 Å². The molecule has 15 heavy (non-hydrogen) atoms. The Bertz CT molecular complexity index is 280. The molecule has 1 rings (SSSR count). The summed E-state index contributed by atoms with van der Waals surface area (Å²) in [6, 6.07) is 0.511. The predicted molar refractivity (Wildman–Crippen MR) is 65.2 cm³/mol. The monoisotopic (exact) mass is 209 g/mol. The van der Waals surface area contributed by atoms with Gasteiger partial charge in [-0.2, -0.15) is 0 Å². The minimum Gasteiger partial charge on any atom is -0.356 e. The van der Waals surface area contributed by atoms with E-state index in [9.17, 15) is 0 Å². The first-order valence-electron chi connectivity index (χ1n) is 5.97. The molecule has 0 fully saturated rings. The van der Waals surface area contributed by atoms with Crippen molar-refractivity contribution in [3.63, 3.8) is 0 Å². The van der Waals surface area contributed by atoms with E-state index in [0.29, 0.717) is 12.0 Å². The Morgan fingerprint density at radius 2 is 2.13 bits per heavy atom. The van der Waals surface area contributed by atoms with E-state index in [1.54, 1.807) is 0 Å². The number of anilines is 1. The van der Waals surface area contributed by atoms with Crippen molar-refractivity contribution in [2.24, 2.45) is 5.92 Å². The van der Waals surface area contributed by atoms with Crippen LogP contribution in [-0.4, -0.2) is 16.1 Å². The normalized spacial score (nSPS) is 14.9. The van der Waals surface area contributed by atoms with Gasteiger partial charge in [0.15, 0.2) is 0 Å². The fourth-order valence-electron chi connectivity index (χ4n) is 1.63. The van der Waals surface area contributed by atoms with Crippen LogP contribution in [-0.2, 0) is 0 Å². The average Bonchev–Trinajstić information content (AvgIpc) is 2.72. The van der Waals surface area contributed by atoms with Crippen LogP contribution in [0.3, 0.4) is 0 Å². The Morgan fingerprint density at radius 1 is 1.40 bits per heavy atom. The molecule has 0 saturated carbocycles. The summed E-state index contributed by atoms with van der Waals surface area (Å²) in [5, 5.41) is 3.35. The third kappa shape index (κ3) is 2.98. The molecule has 0 radical (unpaired) electrons. The quantitative estimate of drug-likeness (QED) is 0.779. The highest BCUT2D eigenvalue weighted by Gasteiger charge is 2.14. The van der Waals surface area contributed by atoms with Gasteiger partial charge in [0.25, 0.3) is 0 Å². The first-order valence-corrected chi connectivity index (χ1v) is 5.97. The van der Waals surface area contributed by atoms with Crippen molar-refractivity contribution < 1.29 is 0 Å². The molecule has 1 aromatic rings. The van der Waals surface area contributed by atoms with Crippen LogP contribution in [0.2, 0.25) is 0 Å². The summed E-state index contributed by atoms with van der Waals surface area (Å²) < 4.78 is 2.24. The van der Waals surface area contributed by atoms with E-state index >= 15 is 0 Å². The number of nitrogens with zero attached hydrogens (tertiary/aromatic N) is 2. The highest BCUT2D eigenvalue weighted by molar-refractivity contribution is 5.26. The Balaban J connectivity index is 2.70. The van der Waals surface area contributed by atoms with Crippen LogP contribution < -0.4 is 5.32 Å². The van der Waals surface area contributed by atoms with Crippen molar-refractivity contribution in [3.05, 3.63) is 12.4 Å². The summed E-state index contributed by atoms with van der Waals surface area (Å²) in [6.07, 6.45) is 6.27. The Labute approximate surface area is 92.9 Å². The molecule has 0 aromatic carbocycles. The molecule has 0 amide bonds. The second-order valence-electron chi connectivity index (χ2n) is 4.21. The summed E-state index contributed by atoms with van der Waals surface area (Å²) in [7, 11) is 0. The van der Waals surface area contributed by atoms with Gasteiger partial charge in [0.05, 0.1) is 0 Å². The van der Waals surface area contributed by atoms with Gasteiger partial charge in [-0.15, -0.1) is 0 Å². The molecule has 2 unspecified atom stereocenters. The lowest BCUT2D eigenvalue weighted by molar-refractivity contribution is 0.373. The van der Waals surface area contributed by atoms with Crippen LogP contribution in [0.1, 0.15) is 46.6 Å². The lowest BCUT2D eigenvalue weighted by atomic mass is 10.0. The maximum atomic E-state index is 4.34. The van der Waals surface area contributed by atoms with Gasteiger partial charge in [0.1, 0.15) is 0 Å². The number of hydrogen-bond donors (Lipinski definition) is 1. The van der Waals surface area contributed by atoms with Crippen molar-refractivity contribution in [3.8, 4) is 0 Å². The van der Waals surface area contributed by atoms with Crippen LogP contribution in [0.4, 0.5) is 5.95 Å². The molecular formula is C12H23N3. The minimum absolute atomic E-state index is 0.511. The SMILES string of the molecule is CCCNc1nccn1C(C)C(C)CC. The minimum atomic E-state index is 0.511. The van der Waals surface area contributed by atoms with Gasteiger partial charge in [0.2, 0.25) is 5.95 Å². The number of imidazole rings is 1. The molecule has 0 saturated heterocycles. The Hall–Kier alpha value is -0.990. The standard InChI is InChI=1S/C12H23N3/c1-5-7-13-12-14-8-9-15(12)11(4)10(3)6-2/h8-11H,5-7H2,1-4H3,(H,13,14). The third-order valence-corrected chi connectivity index (χ3v) is 3.11. The summed E-state index contributed by atoms with van der Waals surface area (Å²) >= 11 is 0. The summed E-state index contributed by atoms with van der Waals surface area (Å²) in [4.78, 5) is 4.34. The Morgan fingerprint density at radius 3 is 2.73 bits per heavy atom. The lowest BCUT2D eigenvalue weighted by Gasteiger charge is -2.22. The smallest absolute Gasteiger partial charge is 0.203 e. The van der Waals surface area contributed by atoms with Crippen molar-refractivity contribution in [2.75, 3.05) is 11.9 Å². The molecule has 1 N–H and O–H groups in total. The molecule has 0 aliphatic heterocycles. The zero-order chi connectivity index (χ0) is 11.3. The molecule has 3 nitrogen and oxygen atoms in total. The van der Waals surface area contributed by atoms with Crippen molar-refractivity contribution >= 4 is 5.95 Å². The predicted octanol–water partition coefficient (Wildman–Crippen LogP) is 3.31. The van der Waals surface area contributed by atoms with E-state index in [0.717, 1.165) is 18.9 Å². The molecule has 0 aliphatic carbocycles. The van der Waals surface area contributed by atoms with Crippen LogP contribution in [0.25, 0.3) is 0 Å². The van der Waals surface area contributed by atoms with Crippen molar-refractivity contribution in [1.29, 1.82) is 0 Å². The first kappa shape index (κ1) is 12.1. The molecule has 1 aromatic heterocycles. The van der Waals surface area contributed by atoms with Gasteiger partial charge >= 0.3 is 0 Å². The molecule has 2 atom stereocenters. The summed E-state index contributed by atoms with van der Waals surface area (Å²) in [6.45, 7) is 9.93. The zero-order valence-electron chi connectivity index (χ0n) is 10.3. The molecule has 86 valence electrons. The van der Waals surface area contributed by atoms with Gasteiger partial charge < -0.3 is 9.88 Å². The van der Waals surface area contributed by atoms with Gasteiger partial charge in [-0.25, -0.2) is 4.98 Å². The maximum Gasteiger partial charge on any atom is 0.203 e. The number of hydrogen-bond acceptors (Lipinski definition) is 2. The first-order chi connectivity index (χ1) is 7.20. The average molecular weight is 209 g/mol. The zero-order valence-corrected chi connectivity index (χ0v) is 10.3. The number of rotatable bonds is 6. The second-order valence-corrected chi connectivity index (χ2v) is 4.21. The lowest BCUT2D eigenvalue weighted by Crippen LogP contribution is -2.16. The van der Waals surface area contributed by atoms with E-state index in [1.165, 1.54) is 6.42 Å². The van der Waals surface area contributed by atoms with Crippen molar-refractivity contribution in [1.82, 2.24) is 9.55 Å². The van der Waals surface area contributed by atoms with Gasteiger partial charge in [-0.05, 0) is 19.3 Å². The van der Waals surface area contributed by atoms with Gasteiger partial charge in [-0.1, -0.05) is 27.2 Å². The third-order valence-electron chi connectivity index (χ3n) is 3.11. The summed E-state index contributed by atoms with van der Waals surface area (Å²) in [5.74, 6) is 1.69. The molecular weight excluding hydrogens is 186 g/mol. The van der Waals surface area contributed by atoms with Gasteiger partial charge in [0, 0.05) is 25.0 Å². The Kier molecular flexibility index (Phi) is 4.66. The van der Waals surface area contributed by atoms with Crippen molar-refractivity contribution in [2.45, 2.75) is 46.6 Å². The van der Waals surface area contributed by atoms with E-state index in [1.807, 2.05) is 6.20 Å². The van der Waals surface area contributed by atoms with Crippen LogP contribution >= 0.6 is 0 Å². The fraction of sp³-hybridized carbons (Fsp3) is 0.750. The highest BCUT2D eigenvalue weighted by Crippen LogP contribution is 2.23. The number of aromatic nitrogens is 2.